The van der Waals surface area contributed by atoms with E-state index in [4.69, 9.17) is 4.52 Å². The molecule has 2 N–H and O–H groups in total. The van der Waals surface area contributed by atoms with Crippen LogP contribution in [-0.4, -0.2) is 17.7 Å². The van der Waals surface area contributed by atoms with Crippen molar-refractivity contribution in [3.8, 4) is 0 Å². The molecule has 2 atom stereocenters. The van der Waals surface area contributed by atoms with Crippen molar-refractivity contribution in [1.29, 1.82) is 0 Å². The average Bonchev–Trinajstić information content (AvgIpc) is 2.89. The van der Waals surface area contributed by atoms with Crippen molar-refractivity contribution in [2.24, 2.45) is 11.8 Å². The predicted molar refractivity (Wildman–Crippen MR) is 72.5 cm³/mol. The SMILES string of the molecule is C[C@H]1CCC[C@@H](CCNC(=O)NCc2ccon2)C1. The summed E-state index contributed by atoms with van der Waals surface area (Å²) in [5.41, 5.74) is 0.733. The minimum Gasteiger partial charge on any atom is -0.364 e. The van der Waals surface area contributed by atoms with Crippen LogP contribution in [0.4, 0.5) is 4.79 Å². The Morgan fingerprint density at radius 3 is 3.11 bits per heavy atom. The second kappa shape index (κ2) is 7.16. The molecule has 5 nitrogen and oxygen atoms in total. The number of hydrogen-bond donors (Lipinski definition) is 2. The van der Waals surface area contributed by atoms with Gasteiger partial charge < -0.3 is 15.2 Å². The van der Waals surface area contributed by atoms with Gasteiger partial charge >= 0.3 is 6.03 Å². The molecular weight excluding hydrogens is 242 g/mol. The first-order valence-electron chi connectivity index (χ1n) is 7.15. The number of nitrogens with one attached hydrogen (secondary N) is 2. The Hall–Kier alpha value is -1.52. The lowest BCUT2D eigenvalue weighted by Gasteiger charge is -2.26. The van der Waals surface area contributed by atoms with Crippen molar-refractivity contribution >= 4 is 6.03 Å². The number of aromatic nitrogens is 1. The molecule has 19 heavy (non-hydrogen) atoms. The third kappa shape index (κ3) is 4.93. The third-order valence-corrected chi connectivity index (χ3v) is 3.80. The molecule has 1 aromatic rings. The summed E-state index contributed by atoms with van der Waals surface area (Å²) >= 11 is 0. The number of amides is 2. The first kappa shape index (κ1) is 13.9. The molecule has 1 fully saturated rings. The highest BCUT2D eigenvalue weighted by atomic mass is 16.5. The Balaban J connectivity index is 1.56. The number of carbonyl (C=O) groups excluding carboxylic acids is 1. The van der Waals surface area contributed by atoms with E-state index in [9.17, 15) is 4.79 Å². The molecule has 0 radical (unpaired) electrons. The molecule has 2 rings (SSSR count). The van der Waals surface area contributed by atoms with Crippen LogP contribution in [0.3, 0.4) is 0 Å². The molecule has 0 aliphatic heterocycles. The first-order chi connectivity index (χ1) is 9.24. The number of urea groups is 1. The van der Waals surface area contributed by atoms with Gasteiger partial charge in [-0.05, 0) is 24.7 Å². The van der Waals surface area contributed by atoms with Gasteiger partial charge in [0.25, 0.3) is 0 Å². The van der Waals surface area contributed by atoms with Crippen molar-refractivity contribution in [2.75, 3.05) is 6.54 Å². The van der Waals surface area contributed by atoms with E-state index in [0.29, 0.717) is 6.54 Å². The normalized spacial score (nSPS) is 23.0. The van der Waals surface area contributed by atoms with Gasteiger partial charge in [0, 0.05) is 12.6 Å². The molecule has 0 spiro atoms. The van der Waals surface area contributed by atoms with Crippen LogP contribution in [0.5, 0.6) is 0 Å². The summed E-state index contributed by atoms with van der Waals surface area (Å²) in [7, 11) is 0. The van der Waals surface area contributed by atoms with E-state index < -0.39 is 0 Å². The highest BCUT2D eigenvalue weighted by Gasteiger charge is 2.18. The summed E-state index contributed by atoms with van der Waals surface area (Å²) in [4.78, 5) is 11.6. The van der Waals surface area contributed by atoms with Crippen LogP contribution in [0.25, 0.3) is 0 Å². The zero-order chi connectivity index (χ0) is 13.5. The number of rotatable bonds is 5. The Bertz CT molecular complexity index is 378. The minimum atomic E-state index is -0.133. The Morgan fingerprint density at radius 2 is 2.37 bits per heavy atom. The molecule has 0 bridgehead atoms. The molecular formula is C14H23N3O2. The van der Waals surface area contributed by atoms with Gasteiger partial charge in [-0.3, -0.25) is 0 Å². The van der Waals surface area contributed by atoms with Gasteiger partial charge in [-0.15, -0.1) is 0 Å². The van der Waals surface area contributed by atoms with Gasteiger partial charge in [0.2, 0.25) is 0 Å². The second-order valence-electron chi connectivity index (χ2n) is 5.53. The highest BCUT2D eigenvalue weighted by Crippen LogP contribution is 2.30. The van der Waals surface area contributed by atoms with Crippen LogP contribution in [0.2, 0.25) is 0 Å². The maximum absolute atomic E-state index is 11.6. The third-order valence-electron chi connectivity index (χ3n) is 3.80. The van der Waals surface area contributed by atoms with E-state index >= 15 is 0 Å². The average molecular weight is 265 g/mol. The molecule has 1 aromatic heterocycles. The van der Waals surface area contributed by atoms with Crippen LogP contribution < -0.4 is 10.6 Å². The maximum atomic E-state index is 11.6. The van der Waals surface area contributed by atoms with E-state index in [1.807, 2.05) is 0 Å². The van der Waals surface area contributed by atoms with Crippen molar-refractivity contribution < 1.29 is 9.32 Å². The second-order valence-corrected chi connectivity index (χ2v) is 5.53. The quantitative estimate of drug-likeness (QED) is 0.860. The van der Waals surface area contributed by atoms with Gasteiger partial charge in [0.05, 0.1) is 6.54 Å². The monoisotopic (exact) mass is 265 g/mol. The predicted octanol–water partition coefficient (Wildman–Crippen LogP) is 2.69. The number of carbonyl (C=O) groups is 1. The molecule has 1 heterocycles. The molecule has 1 saturated carbocycles. The standard InChI is InChI=1S/C14H23N3O2/c1-11-3-2-4-12(9-11)5-7-15-14(18)16-10-13-6-8-19-17-13/h6,8,11-12H,2-5,7,9-10H2,1H3,(H2,15,16,18)/t11-,12-/m0/s1. The number of hydrogen-bond acceptors (Lipinski definition) is 3. The first-order valence-corrected chi connectivity index (χ1v) is 7.15. The molecule has 1 aliphatic rings. The van der Waals surface area contributed by atoms with Crippen LogP contribution in [0.15, 0.2) is 16.9 Å². The van der Waals surface area contributed by atoms with Crippen molar-refractivity contribution in [3.05, 3.63) is 18.0 Å². The fourth-order valence-corrected chi connectivity index (χ4v) is 2.77. The molecule has 5 heteroatoms. The molecule has 2 amide bonds. The van der Waals surface area contributed by atoms with Crippen LogP contribution in [0, 0.1) is 11.8 Å². The summed E-state index contributed by atoms with van der Waals surface area (Å²) < 4.78 is 4.70. The summed E-state index contributed by atoms with van der Waals surface area (Å²) in [6, 6.07) is 1.61. The highest BCUT2D eigenvalue weighted by molar-refractivity contribution is 5.73. The van der Waals surface area contributed by atoms with Gasteiger partial charge in [-0.1, -0.05) is 31.3 Å². The Kier molecular flexibility index (Phi) is 5.24. The lowest BCUT2D eigenvalue weighted by molar-refractivity contribution is 0.235. The van der Waals surface area contributed by atoms with Crippen molar-refractivity contribution in [3.63, 3.8) is 0 Å². The zero-order valence-corrected chi connectivity index (χ0v) is 11.5. The molecule has 0 saturated heterocycles. The van der Waals surface area contributed by atoms with E-state index in [1.165, 1.54) is 31.9 Å². The fraction of sp³-hybridized carbons (Fsp3) is 0.714. The summed E-state index contributed by atoms with van der Waals surface area (Å²) in [5, 5.41) is 9.39. The maximum Gasteiger partial charge on any atom is 0.315 e. The molecule has 0 aromatic carbocycles. The van der Waals surface area contributed by atoms with Gasteiger partial charge in [0.1, 0.15) is 12.0 Å². The largest absolute Gasteiger partial charge is 0.364 e. The van der Waals surface area contributed by atoms with Crippen molar-refractivity contribution in [1.82, 2.24) is 15.8 Å². The van der Waals surface area contributed by atoms with Crippen LogP contribution >= 0.6 is 0 Å². The van der Waals surface area contributed by atoms with E-state index in [-0.39, 0.29) is 6.03 Å². The summed E-state index contributed by atoms with van der Waals surface area (Å²) in [6.45, 7) is 3.48. The van der Waals surface area contributed by atoms with E-state index in [2.05, 4.69) is 22.7 Å². The number of nitrogens with zero attached hydrogens (tertiary/aromatic N) is 1. The van der Waals surface area contributed by atoms with E-state index in [1.54, 1.807) is 6.07 Å². The minimum absolute atomic E-state index is 0.133. The van der Waals surface area contributed by atoms with Gasteiger partial charge in [-0.25, -0.2) is 4.79 Å². The zero-order valence-electron chi connectivity index (χ0n) is 11.5. The van der Waals surface area contributed by atoms with Crippen molar-refractivity contribution in [2.45, 2.75) is 45.6 Å². The Labute approximate surface area is 114 Å². The molecule has 106 valence electrons. The lowest BCUT2D eigenvalue weighted by Crippen LogP contribution is -2.36. The lowest BCUT2D eigenvalue weighted by atomic mass is 9.81. The summed E-state index contributed by atoms with van der Waals surface area (Å²) in [6.07, 6.45) is 7.90. The topological polar surface area (TPSA) is 67.2 Å². The fourth-order valence-electron chi connectivity index (χ4n) is 2.77. The molecule has 0 unspecified atom stereocenters. The van der Waals surface area contributed by atoms with E-state index in [0.717, 1.165) is 30.5 Å². The van der Waals surface area contributed by atoms with Gasteiger partial charge in [-0.2, -0.15) is 0 Å². The summed E-state index contributed by atoms with van der Waals surface area (Å²) in [5.74, 6) is 1.62. The van der Waals surface area contributed by atoms with Gasteiger partial charge in [0.15, 0.2) is 0 Å². The van der Waals surface area contributed by atoms with Crippen LogP contribution in [0.1, 0.15) is 44.7 Å². The van der Waals surface area contributed by atoms with Crippen LogP contribution in [-0.2, 0) is 6.54 Å². The smallest absolute Gasteiger partial charge is 0.315 e. The Morgan fingerprint density at radius 1 is 1.47 bits per heavy atom. The molecule has 1 aliphatic carbocycles.